The lowest BCUT2D eigenvalue weighted by Gasteiger charge is -2.17. The smallest absolute Gasteiger partial charge is 0.264 e. The Labute approximate surface area is 173 Å². The molecule has 8 heteroatoms. The molecule has 0 radical (unpaired) electrons. The van der Waals surface area contributed by atoms with Crippen LogP contribution >= 0.6 is 23.4 Å². The Kier molecular flexibility index (Phi) is 6.70. The first kappa shape index (κ1) is 21.2. The first-order chi connectivity index (χ1) is 13.3. The maximum Gasteiger partial charge on any atom is 0.264 e. The molecule has 2 N–H and O–H groups in total. The molecule has 4 nitrogen and oxygen atoms in total. The number of hydrogen-bond donors (Lipinski definition) is 2. The number of rotatable bonds is 8. The predicted molar refractivity (Wildman–Crippen MR) is 114 cm³/mol. The summed E-state index contributed by atoms with van der Waals surface area (Å²) in [6.45, 7) is 0. The number of aromatic nitrogens is 1. The number of halogens is 2. The van der Waals surface area contributed by atoms with E-state index in [0.717, 1.165) is 22.0 Å². The Morgan fingerprint density at radius 3 is 2.57 bits per heavy atom. The van der Waals surface area contributed by atoms with Crippen LogP contribution in [0.5, 0.6) is 0 Å². The minimum absolute atomic E-state index is 0.111. The van der Waals surface area contributed by atoms with Gasteiger partial charge in [-0.25, -0.2) is 4.39 Å². The van der Waals surface area contributed by atoms with Crippen LogP contribution in [-0.4, -0.2) is 30.0 Å². The molecule has 0 saturated heterocycles. The fraction of sp³-hybridized carbons (Fsp3) is 0.300. The van der Waals surface area contributed by atoms with Crippen molar-refractivity contribution < 1.29 is 17.4 Å². The number of thioether (sulfide) groups is 1. The summed E-state index contributed by atoms with van der Waals surface area (Å²) in [6, 6.07) is 10.6. The molecule has 0 aliphatic carbocycles. The highest BCUT2D eigenvalue weighted by Crippen LogP contribution is 2.36. The molecule has 0 amide bonds. The molecule has 0 bridgehead atoms. The quantitative estimate of drug-likeness (QED) is 0.445. The van der Waals surface area contributed by atoms with Crippen LogP contribution in [-0.2, 0) is 15.9 Å². The molecule has 1 heterocycles. The van der Waals surface area contributed by atoms with Crippen LogP contribution in [0.2, 0.25) is 5.02 Å². The Balaban J connectivity index is 2.04. The van der Waals surface area contributed by atoms with Crippen LogP contribution in [0.1, 0.15) is 35.4 Å². The summed E-state index contributed by atoms with van der Waals surface area (Å²) < 4.78 is 45.6. The van der Waals surface area contributed by atoms with Crippen LogP contribution in [0.4, 0.5) is 4.39 Å². The highest BCUT2D eigenvalue weighted by molar-refractivity contribution is 7.97. The first-order valence-electron chi connectivity index (χ1n) is 8.78. The molecule has 1 aromatic heterocycles. The van der Waals surface area contributed by atoms with Crippen molar-refractivity contribution in [2.24, 2.45) is 0 Å². The Morgan fingerprint density at radius 2 is 1.93 bits per heavy atom. The Bertz CT molecular complexity index is 1060. The average Bonchev–Trinajstić information content (AvgIpc) is 3.05. The third-order valence-electron chi connectivity index (χ3n) is 4.77. The third-order valence-corrected chi connectivity index (χ3v) is 6.40. The molecule has 1 atom stereocenters. The summed E-state index contributed by atoms with van der Waals surface area (Å²) in [4.78, 5) is 3.20. The van der Waals surface area contributed by atoms with Crippen molar-refractivity contribution in [2.45, 2.75) is 24.5 Å². The van der Waals surface area contributed by atoms with Gasteiger partial charge in [-0.15, -0.1) is 0 Å². The van der Waals surface area contributed by atoms with Gasteiger partial charge >= 0.3 is 0 Å². The van der Waals surface area contributed by atoms with Crippen LogP contribution in [0, 0.1) is 5.82 Å². The SMILES string of the molecule is CSCc1c(F)ccc2c(C(CCCS(=O)(=O)O)c3ccc(Cl)cc3)c[nH]c12. The average molecular weight is 442 g/mol. The molecule has 0 spiro atoms. The van der Waals surface area contributed by atoms with Crippen LogP contribution < -0.4 is 0 Å². The van der Waals surface area contributed by atoms with Gasteiger partial charge in [0.15, 0.2) is 0 Å². The van der Waals surface area contributed by atoms with E-state index < -0.39 is 10.1 Å². The maximum atomic E-state index is 14.3. The van der Waals surface area contributed by atoms with Gasteiger partial charge in [0.1, 0.15) is 5.82 Å². The topological polar surface area (TPSA) is 70.2 Å². The molecule has 2 aromatic carbocycles. The third kappa shape index (κ3) is 4.89. The zero-order valence-electron chi connectivity index (χ0n) is 15.3. The fourth-order valence-electron chi connectivity index (χ4n) is 3.50. The second-order valence-corrected chi connectivity index (χ2v) is 9.53. The number of H-pyrrole nitrogens is 1. The van der Waals surface area contributed by atoms with E-state index >= 15 is 0 Å². The van der Waals surface area contributed by atoms with Gasteiger partial charge in [-0.1, -0.05) is 23.7 Å². The highest BCUT2D eigenvalue weighted by Gasteiger charge is 2.21. The standard InChI is InChI=1S/C20H21ClFNO3S2/c1-27-12-18-19(22)9-8-16-17(11-23-20(16)18)15(3-2-10-28(24,25)26)13-4-6-14(21)7-5-13/h4-9,11,15,23H,2-3,10,12H2,1H3,(H,24,25,26). The minimum atomic E-state index is -4.02. The van der Waals surface area contributed by atoms with E-state index in [2.05, 4.69) is 4.98 Å². The zero-order valence-corrected chi connectivity index (χ0v) is 17.7. The van der Waals surface area contributed by atoms with E-state index in [-0.39, 0.29) is 17.5 Å². The summed E-state index contributed by atoms with van der Waals surface area (Å²) in [5, 5.41) is 1.53. The number of benzene rings is 2. The first-order valence-corrected chi connectivity index (χ1v) is 12.2. The van der Waals surface area contributed by atoms with Crippen molar-refractivity contribution in [3.8, 4) is 0 Å². The monoisotopic (exact) mass is 441 g/mol. The van der Waals surface area contributed by atoms with Gasteiger partial charge in [0, 0.05) is 33.8 Å². The van der Waals surface area contributed by atoms with E-state index in [1.165, 1.54) is 6.07 Å². The molecule has 3 aromatic rings. The van der Waals surface area contributed by atoms with Gasteiger partial charge in [-0.3, -0.25) is 4.55 Å². The zero-order chi connectivity index (χ0) is 20.3. The normalized spacial score (nSPS) is 13.1. The van der Waals surface area contributed by atoms with Gasteiger partial charge in [0.05, 0.1) is 11.3 Å². The van der Waals surface area contributed by atoms with Gasteiger partial charge in [0.2, 0.25) is 0 Å². The van der Waals surface area contributed by atoms with E-state index in [9.17, 15) is 12.8 Å². The summed E-state index contributed by atoms with van der Waals surface area (Å²) >= 11 is 7.56. The molecule has 0 aliphatic rings. The number of aromatic amines is 1. The van der Waals surface area contributed by atoms with Crippen molar-refractivity contribution in [2.75, 3.05) is 12.0 Å². The van der Waals surface area contributed by atoms with Crippen molar-refractivity contribution in [3.05, 3.63) is 70.1 Å². The molecular formula is C20H21ClFNO3S2. The summed E-state index contributed by atoms with van der Waals surface area (Å²) in [5.41, 5.74) is 3.34. The molecule has 3 rings (SSSR count). The summed E-state index contributed by atoms with van der Waals surface area (Å²) in [6.07, 6.45) is 4.61. The molecule has 0 fully saturated rings. The Morgan fingerprint density at radius 1 is 1.21 bits per heavy atom. The van der Waals surface area contributed by atoms with Gasteiger partial charge < -0.3 is 4.98 Å². The predicted octanol–water partition coefficient (Wildman–Crippen LogP) is 5.62. The summed E-state index contributed by atoms with van der Waals surface area (Å²) in [5.74, 6) is -0.103. The van der Waals surface area contributed by atoms with Crippen LogP contribution in [0.25, 0.3) is 10.9 Å². The second-order valence-electron chi connectivity index (χ2n) is 6.66. The summed E-state index contributed by atoms with van der Waals surface area (Å²) in [7, 11) is -4.02. The lowest BCUT2D eigenvalue weighted by Crippen LogP contribution is -2.07. The number of nitrogens with one attached hydrogen (secondary N) is 1. The largest absolute Gasteiger partial charge is 0.361 e. The van der Waals surface area contributed by atoms with E-state index in [4.69, 9.17) is 16.2 Å². The van der Waals surface area contributed by atoms with Gasteiger partial charge in [-0.05, 0) is 54.5 Å². The second kappa shape index (κ2) is 8.86. The molecule has 150 valence electrons. The van der Waals surface area contributed by atoms with E-state index in [1.807, 2.05) is 24.6 Å². The maximum absolute atomic E-state index is 14.3. The molecule has 0 aliphatic heterocycles. The Hall–Kier alpha value is -1.54. The minimum Gasteiger partial charge on any atom is -0.361 e. The van der Waals surface area contributed by atoms with Crippen LogP contribution in [0.3, 0.4) is 0 Å². The molecular weight excluding hydrogens is 421 g/mol. The highest BCUT2D eigenvalue weighted by atomic mass is 35.5. The van der Waals surface area contributed by atoms with Crippen LogP contribution in [0.15, 0.2) is 42.6 Å². The lowest BCUT2D eigenvalue weighted by molar-refractivity contribution is 0.479. The molecule has 0 saturated carbocycles. The van der Waals surface area contributed by atoms with Crippen molar-refractivity contribution in [1.29, 1.82) is 0 Å². The lowest BCUT2D eigenvalue weighted by atomic mass is 9.87. The van der Waals surface area contributed by atoms with E-state index in [0.29, 0.717) is 29.2 Å². The van der Waals surface area contributed by atoms with Crippen molar-refractivity contribution >= 4 is 44.4 Å². The molecule has 28 heavy (non-hydrogen) atoms. The fourth-order valence-corrected chi connectivity index (χ4v) is 4.72. The number of fused-ring (bicyclic) bond motifs is 1. The van der Waals surface area contributed by atoms with E-state index in [1.54, 1.807) is 30.0 Å². The number of hydrogen-bond acceptors (Lipinski definition) is 3. The van der Waals surface area contributed by atoms with Gasteiger partial charge in [-0.2, -0.15) is 20.2 Å². The molecule has 1 unspecified atom stereocenters. The van der Waals surface area contributed by atoms with Gasteiger partial charge in [0.25, 0.3) is 10.1 Å². The van der Waals surface area contributed by atoms with Crippen molar-refractivity contribution in [1.82, 2.24) is 4.98 Å². The van der Waals surface area contributed by atoms with Crippen molar-refractivity contribution in [3.63, 3.8) is 0 Å².